The zero-order chi connectivity index (χ0) is 21.6. The number of methoxy groups -OCH3 is 1. The molecule has 31 heavy (non-hydrogen) atoms. The van der Waals surface area contributed by atoms with Crippen LogP contribution in [0.25, 0.3) is 16.6 Å². The van der Waals surface area contributed by atoms with Gasteiger partial charge in [-0.3, -0.25) is 0 Å². The fraction of sp³-hybridized carbons (Fsp3) is 0.435. The molecule has 3 aromatic rings. The van der Waals surface area contributed by atoms with Crippen LogP contribution < -0.4 is 15.0 Å². The second kappa shape index (κ2) is 7.44. The molecule has 8 nitrogen and oxygen atoms in total. The third kappa shape index (κ3) is 3.78. The molecule has 1 amide bonds. The zero-order valence-corrected chi connectivity index (χ0v) is 17.8. The average molecular weight is 422 g/mol. The van der Waals surface area contributed by atoms with Crippen LogP contribution in [-0.4, -0.2) is 51.5 Å². The number of piperidine rings is 1. The Kier molecular flexibility index (Phi) is 4.72. The van der Waals surface area contributed by atoms with E-state index >= 15 is 0 Å². The molecule has 2 aliphatic rings. The van der Waals surface area contributed by atoms with Crippen molar-refractivity contribution < 1.29 is 14.6 Å². The highest BCUT2D eigenvalue weighted by Gasteiger charge is 2.32. The summed E-state index contributed by atoms with van der Waals surface area (Å²) in [7, 11) is 1.67. The van der Waals surface area contributed by atoms with Crippen LogP contribution in [0, 0.1) is 0 Å². The minimum atomic E-state index is -0.964. The number of fused-ring (bicyclic) bond motifs is 1. The summed E-state index contributed by atoms with van der Waals surface area (Å²) in [5.41, 5.74) is 4.16. The van der Waals surface area contributed by atoms with Crippen LogP contribution in [0.2, 0.25) is 0 Å². The highest BCUT2D eigenvalue weighted by molar-refractivity contribution is 5.84. The standard InChI is InChI=1S/C23H27N5O3/c1-23(26-22(29)30)7-9-27(10-8-23)20-6-5-16(12-24-20)18-11-17(31-2)14-28-21(18)19(13-25-28)15-3-4-15/h5-6,11-15,26H,3-4,7-10H2,1-2H3,(H,29,30). The van der Waals surface area contributed by atoms with Gasteiger partial charge in [-0.15, -0.1) is 0 Å². The van der Waals surface area contributed by atoms with E-state index in [0.717, 1.165) is 54.1 Å². The average Bonchev–Trinajstić information content (AvgIpc) is 3.52. The first-order valence-electron chi connectivity index (χ1n) is 10.7. The molecule has 2 N–H and O–H groups in total. The van der Waals surface area contributed by atoms with Gasteiger partial charge in [-0.05, 0) is 56.7 Å². The summed E-state index contributed by atoms with van der Waals surface area (Å²) in [6, 6.07) is 6.21. The van der Waals surface area contributed by atoms with Crippen LogP contribution in [-0.2, 0) is 0 Å². The van der Waals surface area contributed by atoms with Gasteiger partial charge in [0.25, 0.3) is 0 Å². The molecule has 2 fully saturated rings. The van der Waals surface area contributed by atoms with Crippen LogP contribution in [0.15, 0.2) is 36.8 Å². The smallest absolute Gasteiger partial charge is 0.405 e. The predicted octanol–water partition coefficient (Wildman–Crippen LogP) is 3.91. The number of anilines is 1. The Labute approximate surface area is 180 Å². The second-order valence-corrected chi connectivity index (χ2v) is 8.84. The van der Waals surface area contributed by atoms with Gasteiger partial charge in [-0.25, -0.2) is 14.3 Å². The summed E-state index contributed by atoms with van der Waals surface area (Å²) in [5, 5.41) is 16.3. The highest BCUT2D eigenvalue weighted by atomic mass is 16.5. The second-order valence-electron chi connectivity index (χ2n) is 8.84. The van der Waals surface area contributed by atoms with Gasteiger partial charge in [0, 0.05) is 41.5 Å². The molecular weight excluding hydrogens is 394 g/mol. The lowest BCUT2D eigenvalue weighted by Gasteiger charge is -2.39. The molecule has 1 aliphatic carbocycles. The van der Waals surface area contributed by atoms with Crippen LogP contribution in [0.5, 0.6) is 5.75 Å². The number of hydrogen-bond acceptors (Lipinski definition) is 5. The quantitative estimate of drug-likeness (QED) is 0.649. The van der Waals surface area contributed by atoms with Gasteiger partial charge in [0.2, 0.25) is 0 Å². The molecular formula is C23H27N5O3. The molecule has 8 heteroatoms. The summed E-state index contributed by atoms with van der Waals surface area (Å²) in [4.78, 5) is 18.0. The topological polar surface area (TPSA) is 92.0 Å². The Morgan fingerprint density at radius 2 is 2.03 bits per heavy atom. The van der Waals surface area contributed by atoms with E-state index in [-0.39, 0.29) is 5.54 Å². The Balaban J connectivity index is 1.41. The fourth-order valence-corrected chi connectivity index (χ4v) is 4.49. The first kappa shape index (κ1) is 19.7. The van der Waals surface area contributed by atoms with Gasteiger partial charge in [-0.2, -0.15) is 5.10 Å². The van der Waals surface area contributed by atoms with E-state index in [2.05, 4.69) is 27.4 Å². The van der Waals surface area contributed by atoms with Crippen molar-refractivity contribution >= 4 is 17.4 Å². The van der Waals surface area contributed by atoms with Crippen LogP contribution in [0.3, 0.4) is 0 Å². The zero-order valence-electron chi connectivity index (χ0n) is 17.8. The minimum absolute atomic E-state index is 0.379. The van der Waals surface area contributed by atoms with Crippen molar-refractivity contribution in [2.45, 2.75) is 44.1 Å². The number of amides is 1. The maximum absolute atomic E-state index is 11.0. The van der Waals surface area contributed by atoms with Crippen molar-refractivity contribution in [2.75, 3.05) is 25.1 Å². The number of nitrogens with zero attached hydrogens (tertiary/aromatic N) is 4. The monoisotopic (exact) mass is 421 g/mol. The summed E-state index contributed by atoms with van der Waals surface area (Å²) in [6.07, 6.45) is 8.78. The van der Waals surface area contributed by atoms with Gasteiger partial charge < -0.3 is 20.1 Å². The molecule has 3 aromatic heterocycles. The molecule has 0 radical (unpaired) electrons. The Bertz CT molecular complexity index is 1110. The molecule has 162 valence electrons. The largest absolute Gasteiger partial charge is 0.495 e. The van der Waals surface area contributed by atoms with Crippen molar-refractivity contribution in [2.24, 2.45) is 0 Å². The molecule has 0 unspecified atom stereocenters. The normalized spacial score (nSPS) is 18.2. The Hall–Kier alpha value is -3.29. The summed E-state index contributed by atoms with van der Waals surface area (Å²) >= 11 is 0. The van der Waals surface area contributed by atoms with Crippen LogP contribution in [0.1, 0.15) is 44.1 Å². The fourth-order valence-electron chi connectivity index (χ4n) is 4.49. The van der Waals surface area contributed by atoms with E-state index in [0.29, 0.717) is 5.92 Å². The number of carboxylic acid groups (broad SMARTS) is 1. The molecule has 5 rings (SSSR count). The summed E-state index contributed by atoms with van der Waals surface area (Å²) in [6.45, 7) is 3.49. The maximum Gasteiger partial charge on any atom is 0.405 e. The number of ether oxygens (including phenoxy) is 1. The van der Waals surface area contributed by atoms with Gasteiger partial charge in [0.15, 0.2) is 0 Å². The van der Waals surface area contributed by atoms with Crippen molar-refractivity contribution in [1.29, 1.82) is 0 Å². The third-order valence-electron chi connectivity index (χ3n) is 6.53. The Morgan fingerprint density at radius 3 is 2.65 bits per heavy atom. The van der Waals surface area contributed by atoms with E-state index in [1.165, 1.54) is 18.4 Å². The molecule has 0 bridgehead atoms. The molecule has 0 spiro atoms. The van der Waals surface area contributed by atoms with Gasteiger partial charge >= 0.3 is 6.09 Å². The van der Waals surface area contributed by atoms with Crippen molar-refractivity contribution in [3.05, 3.63) is 42.4 Å². The highest BCUT2D eigenvalue weighted by Crippen LogP contribution is 2.44. The minimum Gasteiger partial charge on any atom is -0.495 e. The Morgan fingerprint density at radius 1 is 1.26 bits per heavy atom. The van der Waals surface area contributed by atoms with Crippen molar-refractivity contribution in [3.63, 3.8) is 0 Å². The molecule has 1 saturated heterocycles. The van der Waals surface area contributed by atoms with Crippen molar-refractivity contribution in [3.8, 4) is 16.9 Å². The van der Waals surface area contributed by atoms with E-state index in [1.807, 2.05) is 36.1 Å². The number of carbonyl (C=O) groups is 1. The molecule has 1 aliphatic heterocycles. The maximum atomic E-state index is 11.0. The first-order valence-corrected chi connectivity index (χ1v) is 10.7. The third-order valence-corrected chi connectivity index (χ3v) is 6.53. The van der Waals surface area contributed by atoms with E-state index in [1.54, 1.807) is 7.11 Å². The lowest BCUT2D eigenvalue weighted by Crippen LogP contribution is -2.53. The number of pyridine rings is 2. The number of aromatic nitrogens is 3. The van der Waals surface area contributed by atoms with Crippen LogP contribution in [0.4, 0.5) is 10.6 Å². The van der Waals surface area contributed by atoms with Gasteiger partial charge in [-0.1, -0.05) is 0 Å². The lowest BCUT2D eigenvalue weighted by molar-refractivity contribution is 0.173. The van der Waals surface area contributed by atoms with Gasteiger partial charge in [0.05, 0.1) is 25.0 Å². The molecule has 0 aromatic carbocycles. The van der Waals surface area contributed by atoms with E-state index in [9.17, 15) is 4.79 Å². The number of nitrogens with one attached hydrogen (secondary N) is 1. The number of rotatable bonds is 5. The van der Waals surface area contributed by atoms with E-state index < -0.39 is 6.09 Å². The summed E-state index contributed by atoms with van der Waals surface area (Å²) in [5.74, 6) is 2.27. The van der Waals surface area contributed by atoms with Crippen molar-refractivity contribution in [1.82, 2.24) is 19.9 Å². The van der Waals surface area contributed by atoms with E-state index in [4.69, 9.17) is 14.8 Å². The lowest BCUT2D eigenvalue weighted by atomic mass is 9.90. The molecule has 1 saturated carbocycles. The first-order chi connectivity index (χ1) is 15.0. The summed E-state index contributed by atoms with van der Waals surface area (Å²) < 4.78 is 7.41. The van der Waals surface area contributed by atoms with Gasteiger partial charge in [0.1, 0.15) is 11.6 Å². The SMILES string of the molecule is COc1cc(-c2ccc(N3CCC(C)(NC(=O)O)CC3)nc2)c2c(C3CC3)cnn2c1. The molecule has 4 heterocycles. The molecule has 0 atom stereocenters. The number of hydrogen-bond donors (Lipinski definition) is 2. The van der Waals surface area contributed by atoms with Crippen LogP contribution >= 0.6 is 0 Å². The predicted molar refractivity (Wildman–Crippen MR) is 118 cm³/mol.